The van der Waals surface area contributed by atoms with Crippen molar-refractivity contribution in [2.75, 3.05) is 12.4 Å². The molecule has 0 aliphatic heterocycles. The van der Waals surface area contributed by atoms with Gasteiger partial charge in [0, 0.05) is 7.11 Å². The Bertz CT molecular complexity index is 590. The molecule has 1 aromatic heterocycles. The molecule has 0 fully saturated rings. The third-order valence-corrected chi connectivity index (χ3v) is 3.44. The Balaban J connectivity index is 2.00. The number of nitrogens with zero attached hydrogens (tertiary/aromatic N) is 2. The maximum Gasteiger partial charge on any atom is 0.231 e. The number of ether oxygens (including phenoxy) is 1. The van der Waals surface area contributed by atoms with Gasteiger partial charge in [-0.1, -0.05) is 31.2 Å². The minimum Gasteiger partial charge on any atom is -0.362 e. The fourth-order valence-electron chi connectivity index (χ4n) is 2.07. The topological polar surface area (TPSA) is 56.2 Å². The number of aryl methyl sites for hydroxylation is 1. The van der Waals surface area contributed by atoms with Crippen molar-refractivity contribution in [3.8, 4) is 0 Å². The van der Waals surface area contributed by atoms with E-state index in [0.717, 1.165) is 12.0 Å². The normalized spacial score (nSPS) is 12.1. The fourth-order valence-corrected chi connectivity index (χ4v) is 2.07. The van der Waals surface area contributed by atoms with Crippen molar-refractivity contribution in [2.45, 2.75) is 32.9 Å². The lowest BCUT2D eigenvalue weighted by Crippen LogP contribution is -2.18. The van der Waals surface area contributed by atoms with E-state index in [1.165, 1.54) is 5.56 Å². The smallest absolute Gasteiger partial charge is 0.231 e. The second kappa shape index (κ2) is 7.04. The average Bonchev–Trinajstić information content (AvgIpc) is 2.94. The third kappa shape index (κ3) is 3.92. The molecule has 0 saturated carbocycles. The highest BCUT2D eigenvalue weighted by atomic mass is 16.5. The van der Waals surface area contributed by atoms with Crippen LogP contribution in [-0.2, 0) is 22.7 Å². The number of carbonyl (C=O) groups is 1. The molecule has 1 aromatic carbocycles. The molecule has 1 unspecified atom stereocenters. The molecule has 1 N–H and O–H groups in total. The Kier molecular flexibility index (Phi) is 5.11. The van der Waals surface area contributed by atoms with E-state index < -0.39 is 0 Å². The Morgan fingerprint density at radius 3 is 2.71 bits per heavy atom. The van der Waals surface area contributed by atoms with Gasteiger partial charge < -0.3 is 10.1 Å². The number of nitrogens with one attached hydrogen (secondary N) is 1. The number of amides is 1. The summed E-state index contributed by atoms with van der Waals surface area (Å²) < 4.78 is 6.59. The van der Waals surface area contributed by atoms with Crippen molar-refractivity contribution >= 4 is 11.6 Å². The number of hydrogen-bond donors (Lipinski definition) is 1. The van der Waals surface area contributed by atoms with E-state index in [2.05, 4.69) is 29.5 Å². The van der Waals surface area contributed by atoms with E-state index in [-0.39, 0.29) is 11.8 Å². The number of hydrogen-bond acceptors (Lipinski definition) is 3. The highest BCUT2D eigenvalue weighted by Crippen LogP contribution is 2.18. The molecule has 2 aromatic rings. The second-order valence-corrected chi connectivity index (χ2v) is 4.99. The highest BCUT2D eigenvalue weighted by Gasteiger charge is 2.15. The summed E-state index contributed by atoms with van der Waals surface area (Å²) >= 11 is 0. The SMILES string of the molecule is CCc1ccc(C(C)C(=O)Nc2cnn(COC)c2)cc1. The highest BCUT2D eigenvalue weighted by molar-refractivity contribution is 5.95. The van der Waals surface area contributed by atoms with Crippen molar-refractivity contribution in [3.63, 3.8) is 0 Å². The zero-order valence-electron chi connectivity index (χ0n) is 12.7. The van der Waals surface area contributed by atoms with E-state index in [4.69, 9.17) is 4.74 Å². The molecule has 1 atom stereocenters. The van der Waals surface area contributed by atoms with Crippen LogP contribution in [0.15, 0.2) is 36.7 Å². The lowest BCUT2D eigenvalue weighted by molar-refractivity contribution is -0.117. The minimum atomic E-state index is -0.207. The van der Waals surface area contributed by atoms with Gasteiger partial charge in [-0.05, 0) is 24.5 Å². The van der Waals surface area contributed by atoms with E-state index in [1.54, 1.807) is 24.2 Å². The maximum absolute atomic E-state index is 12.3. The van der Waals surface area contributed by atoms with Gasteiger partial charge in [0.05, 0.1) is 24.0 Å². The van der Waals surface area contributed by atoms with E-state index >= 15 is 0 Å². The van der Waals surface area contributed by atoms with E-state index in [1.807, 2.05) is 19.1 Å². The maximum atomic E-state index is 12.3. The van der Waals surface area contributed by atoms with Crippen LogP contribution in [0.25, 0.3) is 0 Å². The van der Waals surface area contributed by atoms with Crippen LogP contribution in [0.3, 0.4) is 0 Å². The molecule has 0 aliphatic rings. The predicted octanol–water partition coefficient (Wildman–Crippen LogP) is 2.79. The van der Waals surface area contributed by atoms with Crippen molar-refractivity contribution in [3.05, 3.63) is 47.8 Å². The molecule has 0 spiro atoms. The zero-order chi connectivity index (χ0) is 15.2. The summed E-state index contributed by atoms with van der Waals surface area (Å²) in [5.74, 6) is -0.252. The molecule has 1 heterocycles. The van der Waals surface area contributed by atoms with Gasteiger partial charge in [-0.15, -0.1) is 0 Å². The largest absolute Gasteiger partial charge is 0.362 e. The van der Waals surface area contributed by atoms with Crippen LogP contribution in [0.1, 0.15) is 30.9 Å². The van der Waals surface area contributed by atoms with E-state index in [0.29, 0.717) is 12.4 Å². The summed E-state index contributed by atoms with van der Waals surface area (Å²) in [6, 6.07) is 8.15. The van der Waals surface area contributed by atoms with Crippen molar-refractivity contribution in [1.29, 1.82) is 0 Å². The van der Waals surface area contributed by atoms with Gasteiger partial charge >= 0.3 is 0 Å². The Labute approximate surface area is 124 Å². The molecule has 2 rings (SSSR count). The van der Waals surface area contributed by atoms with Crippen LogP contribution >= 0.6 is 0 Å². The Morgan fingerprint density at radius 2 is 2.10 bits per heavy atom. The number of anilines is 1. The molecule has 0 saturated heterocycles. The number of aromatic nitrogens is 2. The van der Waals surface area contributed by atoms with Crippen LogP contribution in [0.4, 0.5) is 5.69 Å². The Hall–Kier alpha value is -2.14. The molecule has 5 heteroatoms. The van der Waals surface area contributed by atoms with Crippen molar-refractivity contribution < 1.29 is 9.53 Å². The summed E-state index contributed by atoms with van der Waals surface area (Å²) in [5.41, 5.74) is 2.95. The number of rotatable bonds is 6. The monoisotopic (exact) mass is 287 g/mol. The van der Waals surface area contributed by atoms with Crippen molar-refractivity contribution in [2.24, 2.45) is 0 Å². The minimum absolute atomic E-state index is 0.0452. The van der Waals surface area contributed by atoms with Gasteiger partial charge in [-0.25, -0.2) is 4.68 Å². The van der Waals surface area contributed by atoms with E-state index in [9.17, 15) is 4.79 Å². The number of carbonyl (C=O) groups excluding carboxylic acids is 1. The summed E-state index contributed by atoms with van der Waals surface area (Å²) in [6.07, 6.45) is 4.36. The van der Waals surface area contributed by atoms with Gasteiger partial charge in [0.25, 0.3) is 0 Å². The first-order chi connectivity index (χ1) is 10.1. The van der Waals surface area contributed by atoms with Gasteiger partial charge in [0.1, 0.15) is 6.73 Å². The Morgan fingerprint density at radius 1 is 1.38 bits per heavy atom. The van der Waals surface area contributed by atoms with Crippen LogP contribution in [0.5, 0.6) is 0 Å². The first-order valence-corrected chi connectivity index (χ1v) is 7.05. The van der Waals surface area contributed by atoms with Crippen LogP contribution in [-0.4, -0.2) is 22.8 Å². The first kappa shape index (κ1) is 15.3. The van der Waals surface area contributed by atoms with Gasteiger partial charge in [-0.3, -0.25) is 4.79 Å². The molecule has 5 nitrogen and oxygen atoms in total. The predicted molar refractivity (Wildman–Crippen MR) is 82.1 cm³/mol. The zero-order valence-corrected chi connectivity index (χ0v) is 12.7. The molecule has 21 heavy (non-hydrogen) atoms. The third-order valence-electron chi connectivity index (χ3n) is 3.44. The molecule has 1 amide bonds. The number of benzene rings is 1. The summed E-state index contributed by atoms with van der Waals surface area (Å²) in [7, 11) is 1.60. The molecular weight excluding hydrogens is 266 g/mol. The van der Waals surface area contributed by atoms with Gasteiger partial charge in [0.15, 0.2) is 0 Å². The van der Waals surface area contributed by atoms with Gasteiger partial charge in [-0.2, -0.15) is 5.10 Å². The average molecular weight is 287 g/mol. The summed E-state index contributed by atoms with van der Waals surface area (Å²) in [6.45, 7) is 4.38. The van der Waals surface area contributed by atoms with Crippen LogP contribution in [0.2, 0.25) is 0 Å². The van der Waals surface area contributed by atoms with Gasteiger partial charge in [0.2, 0.25) is 5.91 Å². The molecule has 0 aliphatic carbocycles. The lowest BCUT2D eigenvalue weighted by atomic mass is 9.98. The quantitative estimate of drug-likeness (QED) is 0.889. The van der Waals surface area contributed by atoms with Crippen LogP contribution < -0.4 is 5.32 Å². The molecule has 0 radical (unpaired) electrons. The van der Waals surface area contributed by atoms with Crippen LogP contribution in [0, 0.1) is 0 Å². The molecule has 0 bridgehead atoms. The fraction of sp³-hybridized carbons (Fsp3) is 0.375. The standard InChI is InChI=1S/C16H21N3O2/c1-4-13-5-7-14(8-6-13)12(2)16(20)18-15-9-17-19(10-15)11-21-3/h5-10,12H,4,11H2,1-3H3,(H,18,20). The molecule has 112 valence electrons. The summed E-state index contributed by atoms with van der Waals surface area (Å²) in [5, 5.41) is 6.96. The second-order valence-electron chi connectivity index (χ2n) is 4.99. The molecular formula is C16H21N3O2. The first-order valence-electron chi connectivity index (χ1n) is 7.05. The number of methoxy groups -OCH3 is 1. The summed E-state index contributed by atoms with van der Waals surface area (Å²) in [4.78, 5) is 12.3. The lowest BCUT2D eigenvalue weighted by Gasteiger charge is -2.12. The van der Waals surface area contributed by atoms with Crippen molar-refractivity contribution in [1.82, 2.24) is 9.78 Å².